The molecule has 0 aromatic rings. The van der Waals surface area contributed by atoms with E-state index >= 15 is 0 Å². The van der Waals surface area contributed by atoms with E-state index in [4.69, 9.17) is 0 Å². The van der Waals surface area contributed by atoms with Gasteiger partial charge in [-0.05, 0) is 47.0 Å². The Bertz CT molecular complexity index is 189. The van der Waals surface area contributed by atoms with E-state index < -0.39 is 0 Å². The van der Waals surface area contributed by atoms with Crippen LogP contribution in [-0.2, 0) is 0 Å². The molecule has 2 N–H and O–H groups in total. The Morgan fingerprint density at radius 3 is 2.50 bits per heavy atom. The minimum atomic E-state index is -0.181. The van der Waals surface area contributed by atoms with Gasteiger partial charge in [-0.1, -0.05) is 0 Å². The molecule has 0 aromatic carbocycles. The maximum absolute atomic E-state index is 9.31. The molecule has 4 heteroatoms. The summed E-state index contributed by atoms with van der Waals surface area (Å²) in [6.45, 7) is 7.87. The molecule has 0 aromatic heterocycles. The number of hydrogen-bond donors (Lipinski definition) is 2. The number of aliphatic hydroxyl groups excluding tert-OH is 1. The smallest absolute Gasteiger partial charge is 0.0623 e. The predicted octanol–water partition coefficient (Wildman–Crippen LogP) is -0.0156. The maximum atomic E-state index is 9.31. The first kappa shape index (κ1) is 13.9. The van der Waals surface area contributed by atoms with Crippen molar-refractivity contribution in [2.45, 2.75) is 25.3 Å². The van der Waals surface area contributed by atoms with E-state index in [9.17, 15) is 5.11 Å². The summed E-state index contributed by atoms with van der Waals surface area (Å²) in [6.07, 6.45) is 2.71. The van der Waals surface area contributed by atoms with Gasteiger partial charge >= 0.3 is 0 Å². The largest absolute Gasteiger partial charge is 0.394 e. The van der Waals surface area contributed by atoms with Crippen LogP contribution < -0.4 is 5.32 Å². The third kappa shape index (κ3) is 4.37. The van der Waals surface area contributed by atoms with Gasteiger partial charge in [0.1, 0.15) is 0 Å². The molecule has 0 aliphatic carbocycles. The predicted molar refractivity (Wildman–Crippen MR) is 67.7 cm³/mol. The van der Waals surface area contributed by atoms with Gasteiger partial charge in [0.25, 0.3) is 0 Å². The van der Waals surface area contributed by atoms with Crippen LogP contribution in [0.15, 0.2) is 0 Å². The van der Waals surface area contributed by atoms with Crippen molar-refractivity contribution < 1.29 is 5.11 Å². The summed E-state index contributed by atoms with van der Waals surface area (Å²) in [7, 11) is 4.03. The van der Waals surface area contributed by atoms with E-state index in [1.165, 1.54) is 25.9 Å². The molecule has 96 valence electrons. The fraction of sp³-hybridized carbons (Fsp3) is 1.00. The zero-order valence-electron chi connectivity index (χ0n) is 11.0. The highest BCUT2D eigenvalue weighted by Gasteiger charge is 2.23. The van der Waals surface area contributed by atoms with Crippen molar-refractivity contribution in [3.63, 3.8) is 0 Å². The third-order valence-corrected chi connectivity index (χ3v) is 3.57. The Kier molecular flexibility index (Phi) is 5.69. The minimum Gasteiger partial charge on any atom is -0.394 e. The van der Waals surface area contributed by atoms with E-state index in [2.05, 4.69) is 29.1 Å². The van der Waals surface area contributed by atoms with E-state index in [-0.39, 0.29) is 12.1 Å². The number of likely N-dealkylation sites (tertiary alicyclic amines) is 1. The SMILES string of the molecule is CNC(C)(CO)CN(C)CCN1CCCC1. The monoisotopic (exact) mass is 229 g/mol. The summed E-state index contributed by atoms with van der Waals surface area (Å²) < 4.78 is 0. The van der Waals surface area contributed by atoms with Crippen LogP contribution in [0.3, 0.4) is 0 Å². The third-order valence-electron chi connectivity index (χ3n) is 3.57. The summed E-state index contributed by atoms with van der Waals surface area (Å²) >= 11 is 0. The van der Waals surface area contributed by atoms with Gasteiger partial charge in [0, 0.05) is 19.6 Å². The van der Waals surface area contributed by atoms with Crippen molar-refractivity contribution >= 4 is 0 Å². The van der Waals surface area contributed by atoms with E-state index in [1.54, 1.807) is 0 Å². The van der Waals surface area contributed by atoms with Crippen molar-refractivity contribution in [1.29, 1.82) is 0 Å². The Morgan fingerprint density at radius 1 is 1.38 bits per heavy atom. The van der Waals surface area contributed by atoms with E-state index in [0.717, 1.165) is 19.6 Å². The Balaban J connectivity index is 2.21. The molecular formula is C12H27N3O. The summed E-state index contributed by atoms with van der Waals surface area (Å²) in [5.74, 6) is 0. The number of aliphatic hydroxyl groups is 1. The second-order valence-electron chi connectivity index (χ2n) is 5.26. The molecule has 1 saturated heterocycles. The number of nitrogens with zero attached hydrogens (tertiary/aromatic N) is 2. The lowest BCUT2D eigenvalue weighted by Crippen LogP contribution is -2.52. The summed E-state index contributed by atoms with van der Waals surface area (Å²) in [4.78, 5) is 4.82. The highest BCUT2D eigenvalue weighted by atomic mass is 16.3. The Morgan fingerprint density at radius 2 is 2.00 bits per heavy atom. The van der Waals surface area contributed by atoms with E-state index in [1.807, 2.05) is 7.05 Å². The van der Waals surface area contributed by atoms with Crippen molar-refractivity contribution in [1.82, 2.24) is 15.1 Å². The zero-order valence-corrected chi connectivity index (χ0v) is 11.0. The van der Waals surface area contributed by atoms with Crippen LogP contribution in [0.4, 0.5) is 0 Å². The minimum absolute atomic E-state index is 0.178. The second kappa shape index (κ2) is 6.55. The lowest BCUT2D eigenvalue weighted by Gasteiger charge is -2.32. The van der Waals surface area contributed by atoms with Gasteiger partial charge in [-0.2, -0.15) is 0 Å². The molecule has 1 fully saturated rings. The first-order valence-corrected chi connectivity index (χ1v) is 6.30. The molecule has 0 bridgehead atoms. The van der Waals surface area contributed by atoms with Crippen molar-refractivity contribution in [3.8, 4) is 0 Å². The average molecular weight is 229 g/mol. The normalized spacial score (nSPS) is 21.6. The molecule has 1 aliphatic rings. The number of likely N-dealkylation sites (N-methyl/N-ethyl adjacent to an activating group) is 2. The molecule has 0 amide bonds. The van der Waals surface area contributed by atoms with Crippen LogP contribution in [0.1, 0.15) is 19.8 Å². The molecule has 1 rings (SSSR count). The molecule has 1 unspecified atom stereocenters. The molecular weight excluding hydrogens is 202 g/mol. The zero-order chi connectivity index (χ0) is 12.0. The lowest BCUT2D eigenvalue weighted by atomic mass is 10.0. The first-order chi connectivity index (χ1) is 7.59. The fourth-order valence-corrected chi connectivity index (χ4v) is 2.20. The van der Waals surface area contributed by atoms with Gasteiger partial charge in [0.15, 0.2) is 0 Å². The standard InChI is InChI=1S/C12H27N3O/c1-12(11-16,13-2)10-14(3)8-9-15-6-4-5-7-15/h13,16H,4-11H2,1-3H3. The first-order valence-electron chi connectivity index (χ1n) is 6.30. The molecule has 0 spiro atoms. The molecule has 0 radical (unpaired) electrons. The molecule has 4 nitrogen and oxygen atoms in total. The van der Waals surface area contributed by atoms with Crippen LogP contribution in [0.2, 0.25) is 0 Å². The quantitative estimate of drug-likeness (QED) is 0.644. The van der Waals surface area contributed by atoms with Gasteiger partial charge in [0.05, 0.1) is 12.1 Å². The fourth-order valence-electron chi connectivity index (χ4n) is 2.20. The molecule has 1 atom stereocenters. The highest BCUT2D eigenvalue weighted by Crippen LogP contribution is 2.08. The van der Waals surface area contributed by atoms with Gasteiger partial charge < -0.3 is 20.2 Å². The second-order valence-corrected chi connectivity index (χ2v) is 5.26. The highest BCUT2D eigenvalue weighted by molar-refractivity contribution is 4.84. The van der Waals surface area contributed by atoms with Crippen LogP contribution >= 0.6 is 0 Å². The van der Waals surface area contributed by atoms with Gasteiger partial charge in [0.2, 0.25) is 0 Å². The Labute approximate surface area is 99.6 Å². The number of nitrogens with one attached hydrogen (secondary N) is 1. The van der Waals surface area contributed by atoms with E-state index in [0.29, 0.717) is 0 Å². The molecule has 0 saturated carbocycles. The summed E-state index contributed by atoms with van der Waals surface area (Å²) in [5.41, 5.74) is -0.181. The lowest BCUT2D eigenvalue weighted by molar-refractivity contribution is 0.133. The topological polar surface area (TPSA) is 38.7 Å². The molecule has 1 heterocycles. The van der Waals surface area contributed by atoms with Gasteiger partial charge in [-0.3, -0.25) is 0 Å². The number of hydrogen-bond acceptors (Lipinski definition) is 4. The van der Waals surface area contributed by atoms with Crippen molar-refractivity contribution in [2.24, 2.45) is 0 Å². The Hall–Kier alpha value is -0.160. The van der Waals surface area contributed by atoms with Gasteiger partial charge in [-0.15, -0.1) is 0 Å². The van der Waals surface area contributed by atoms with Crippen LogP contribution in [0.5, 0.6) is 0 Å². The molecule has 16 heavy (non-hydrogen) atoms. The summed E-state index contributed by atoms with van der Waals surface area (Å²) in [5, 5.41) is 12.5. The number of rotatable bonds is 7. The van der Waals surface area contributed by atoms with Crippen LogP contribution in [-0.4, -0.2) is 73.9 Å². The summed E-state index contributed by atoms with van der Waals surface area (Å²) in [6, 6.07) is 0. The average Bonchev–Trinajstić information content (AvgIpc) is 2.79. The maximum Gasteiger partial charge on any atom is 0.0623 e. The van der Waals surface area contributed by atoms with Gasteiger partial charge in [-0.25, -0.2) is 0 Å². The van der Waals surface area contributed by atoms with Crippen LogP contribution in [0, 0.1) is 0 Å². The molecule has 1 aliphatic heterocycles. The van der Waals surface area contributed by atoms with Crippen molar-refractivity contribution in [2.75, 3.05) is 53.4 Å². The van der Waals surface area contributed by atoms with Crippen LogP contribution in [0.25, 0.3) is 0 Å². The van der Waals surface area contributed by atoms with Crippen molar-refractivity contribution in [3.05, 3.63) is 0 Å².